The Morgan fingerprint density at radius 1 is 1.32 bits per heavy atom. The Morgan fingerprint density at radius 3 is 2.37 bits per heavy atom. The van der Waals surface area contributed by atoms with Gasteiger partial charge >= 0.3 is 0 Å². The van der Waals surface area contributed by atoms with Crippen LogP contribution in [0.1, 0.15) is 25.0 Å². The minimum absolute atomic E-state index is 0. The summed E-state index contributed by atoms with van der Waals surface area (Å²) in [6.45, 7) is 8.83. The van der Waals surface area contributed by atoms with Crippen molar-refractivity contribution >= 4 is 18.3 Å². The van der Waals surface area contributed by atoms with Gasteiger partial charge < -0.3 is 10.6 Å². The number of benzene rings is 1. The summed E-state index contributed by atoms with van der Waals surface area (Å²) in [4.78, 5) is 12.3. The smallest absolute Gasteiger partial charge is 0.230 e. The van der Waals surface area contributed by atoms with E-state index in [1.165, 1.54) is 5.56 Å². The molecule has 106 valence electrons. The van der Waals surface area contributed by atoms with Crippen molar-refractivity contribution in [2.75, 3.05) is 19.6 Å². The fourth-order valence-electron chi connectivity index (χ4n) is 2.05. The molecule has 1 fully saturated rings. The highest BCUT2D eigenvalue weighted by Gasteiger charge is 2.30. The van der Waals surface area contributed by atoms with Crippen molar-refractivity contribution in [3.63, 3.8) is 0 Å². The number of halogens is 1. The van der Waals surface area contributed by atoms with E-state index in [1.54, 1.807) is 0 Å². The Labute approximate surface area is 121 Å². The van der Waals surface area contributed by atoms with Crippen LogP contribution in [0, 0.1) is 12.8 Å². The lowest BCUT2D eigenvalue weighted by atomic mass is 9.83. The van der Waals surface area contributed by atoms with Crippen molar-refractivity contribution in [1.82, 2.24) is 10.6 Å². The van der Waals surface area contributed by atoms with Gasteiger partial charge in [0.25, 0.3) is 0 Å². The van der Waals surface area contributed by atoms with Crippen molar-refractivity contribution in [2.45, 2.75) is 26.2 Å². The van der Waals surface area contributed by atoms with Crippen LogP contribution in [0.3, 0.4) is 0 Å². The van der Waals surface area contributed by atoms with E-state index >= 15 is 0 Å². The summed E-state index contributed by atoms with van der Waals surface area (Å²) in [5.41, 5.74) is 1.82. The molecule has 1 saturated heterocycles. The van der Waals surface area contributed by atoms with Crippen LogP contribution in [-0.4, -0.2) is 25.5 Å². The van der Waals surface area contributed by atoms with Crippen molar-refractivity contribution < 1.29 is 4.79 Å². The number of amides is 1. The van der Waals surface area contributed by atoms with Crippen LogP contribution in [0.2, 0.25) is 0 Å². The number of hydrogen-bond acceptors (Lipinski definition) is 2. The molecule has 1 aromatic rings. The molecule has 1 aliphatic rings. The molecule has 19 heavy (non-hydrogen) atoms. The maximum Gasteiger partial charge on any atom is 0.230 e. The normalized spacial score (nSPS) is 15.3. The monoisotopic (exact) mass is 282 g/mol. The highest BCUT2D eigenvalue weighted by Crippen LogP contribution is 2.23. The molecule has 1 aliphatic heterocycles. The van der Waals surface area contributed by atoms with E-state index in [2.05, 4.69) is 29.7 Å². The summed E-state index contributed by atoms with van der Waals surface area (Å²) < 4.78 is 0. The summed E-state index contributed by atoms with van der Waals surface area (Å²) in [7, 11) is 0. The molecule has 4 heteroatoms. The quantitative estimate of drug-likeness (QED) is 0.887. The van der Waals surface area contributed by atoms with Crippen LogP contribution in [-0.2, 0) is 10.2 Å². The zero-order valence-electron chi connectivity index (χ0n) is 11.8. The zero-order valence-corrected chi connectivity index (χ0v) is 12.6. The van der Waals surface area contributed by atoms with Gasteiger partial charge in [-0.05, 0) is 26.3 Å². The van der Waals surface area contributed by atoms with Crippen LogP contribution in [0.5, 0.6) is 0 Å². The minimum Gasteiger partial charge on any atom is -0.355 e. The van der Waals surface area contributed by atoms with E-state index in [-0.39, 0.29) is 18.3 Å². The first-order chi connectivity index (χ1) is 8.50. The molecule has 0 aliphatic carbocycles. The van der Waals surface area contributed by atoms with Gasteiger partial charge in [0.05, 0.1) is 5.41 Å². The Kier molecular flexibility index (Phi) is 5.39. The molecule has 2 rings (SSSR count). The molecule has 0 aromatic heterocycles. The van der Waals surface area contributed by atoms with Gasteiger partial charge in [-0.3, -0.25) is 4.79 Å². The molecule has 1 aromatic carbocycles. The van der Waals surface area contributed by atoms with Crippen molar-refractivity contribution in [2.24, 2.45) is 5.92 Å². The average Bonchev–Trinajstić information content (AvgIpc) is 2.27. The average molecular weight is 283 g/mol. The first kappa shape index (κ1) is 16.0. The van der Waals surface area contributed by atoms with Crippen molar-refractivity contribution in [3.8, 4) is 0 Å². The molecule has 0 radical (unpaired) electrons. The predicted molar refractivity (Wildman–Crippen MR) is 80.8 cm³/mol. The predicted octanol–water partition coefficient (Wildman–Crippen LogP) is 2.03. The van der Waals surface area contributed by atoms with Gasteiger partial charge in [0.15, 0.2) is 0 Å². The SMILES string of the molecule is Cc1ccc(C(C)(C)C(=O)NCC2CNC2)cc1.Cl. The number of nitrogens with one attached hydrogen (secondary N) is 2. The second kappa shape index (κ2) is 6.40. The third-order valence-corrected chi connectivity index (χ3v) is 3.76. The lowest BCUT2D eigenvalue weighted by molar-refractivity contribution is -0.125. The first-order valence-corrected chi connectivity index (χ1v) is 6.56. The van der Waals surface area contributed by atoms with Crippen LogP contribution in [0.15, 0.2) is 24.3 Å². The largest absolute Gasteiger partial charge is 0.355 e. The van der Waals surface area contributed by atoms with Gasteiger partial charge in [-0.1, -0.05) is 29.8 Å². The fraction of sp³-hybridized carbons (Fsp3) is 0.533. The van der Waals surface area contributed by atoms with Gasteiger partial charge in [0, 0.05) is 25.6 Å². The molecule has 3 nitrogen and oxygen atoms in total. The molecule has 0 unspecified atom stereocenters. The molecular formula is C15H23ClN2O. The summed E-state index contributed by atoms with van der Waals surface area (Å²) in [5.74, 6) is 0.709. The lowest BCUT2D eigenvalue weighted by Crippen LogP contribution is -2.50. The van der Waals surface area contributed by atoms with Gasteiger partial charge in [-0.25, -0.2) is 0 Å². The Morgan fingerprint density at radius 2 is 1.89 bits per heavy atom. The van der Waals surface area contributed by atoms with Gasteiger partial charge in [-0.2, -0.15) is 0 Å². The van der Waals surface area contributed by atoms with E-state index in [1.807, 2.05) is 26.0 Å². The number of carbonyl (C=O) groups excluding carboxylic acids is 1. The molecular weight excluding hydrogens is 260 g/mol. The van der Waals surface area contributed by atoms with Crippen LogP contribution in [0.25, 0.3) is 0 Å². The number of rotatable bonds is 4. The lowest BCUT2D eigenvalue weighted by Gasteiger charge is -2.30. The van der Waals surface area contributed by atoms with Gasteiger partial charge in [0.1, 0.15) is 0 Å². The van der Waals surface area contributed by atoms with Crippen LogP contribution >= 0.6 is 12.4 Å². The van der Waals surface area contributed by atoms with E-state index in [9.17, 15) is 4.79 Å². The highest BCUT2D eigenvalue weighted by molar-refractivity contribution is 5.87. The molecule has 0 atom stereocenters. The van der Waals surface area contributed by atoms with Crippen LogP contribution < -0.4 is 10.6 Å². The number of aryl methyl sites for hydroxylation is 1. The van der Waals surface area contributed by atoms with Gasteiger partial charge in [0.2, 0.25) is 5.91 Å². The van der Waals surface area contributed by atoms with Gasteiger partial charge in [-0.15, -0.1) is 12.4 Å². The maximum absolute atomic E-state index is 12.3. The van der Waals surface area contributed by atoms with E-state index in [0.29, 0.717) is 5.92 Å². The van der Waals surface area contributed by atoms with E-state index in [0.717, 1.165) is 25.2 Å². The molecule has 0 saturated carbocycles. The Balaban J connectivity index is 0.00000180. The van der Waals surface area contributed by atoms with Crippen molar-refractivity contribution in [3.05, 3.63) is 35.4 Å². The number of hydrogen-bond donors (Lipinski definition) is 2. The summed E-state index contributed by atoms with van der Waals surface area (Å²) in [6.07, 6.45) is 0. The molecule has 0 bridgehead atoms. The second-order valence-electron chi connectivity index (χ2n) is 5.73. The zero-order chi connectivity index (χ0) is 13.2. The summed E-state index contributed by atoms with van der Waals surface area (Å²) in [5, 5.41) is 6.27. The third kappa shape index (κ3) is 3.71. The number of carbonyl (C=O) groups is 1. The highest BCUT2D eigenvalue weighted by atomic mass is 35.5. The molecule has 1 amide bonds. The summed E-state index contributed by atoms with van der Waals surface area (Å²) >= 11 is 0. The Hall–Kier alpha value is -1.06. The first-order valence-electron chi connectivity index (χ1n) is 6.56. The Bertz CT molecular complexity index is 424. The molecule has 2 N–H and O–H groups in total. The van der Waals surface area contributed by atoms with Crippen LogP contribution in [0.4, 0.5) is 0 Å². The minimum atomic E-state index is -0.467. The van der Waals surface area contributed by atoms with Crippen molar-refractivity contribution in [1.29, 1.82) is 0 Å². The fourth-order valence-corrected chi connectivity index (χ4v) is 2.05. The molecule has 0 spiro atoms. The third-order valence-electron chi connectivity index (χ3n) is 3.76. The standard InChI is InChI=1S/C15H22N2O.ClH/c1-11-4-6-13(7-5-11)15(2,3)14(18)17-10-12-8-16-9-12;/h4-7,12,16H,8-10H2,1-3H3,(H,17,18);1H. The van der Waals surface area contributed by atoms with E-state index in [4.69, 9.17) is 0 Å². The topological polar surface area (TPSA) is 41.1 Å². The maximum atomic E-state index is 12.3. The summed E-state index contributed by atoms with van der Waals surface area (Å²) in [6, 6.07) is 8.19. The second-order valence-corrected chi connectivity index (χ2v) is 5.73. The molecule has 1 heterocycles. The van der Waals surface area contributed by atoms with E-state index < -0.39 is 5.41 Å².